The predicted octanol–water partition coefficient (Wildman–Crippen LogP) is -0.944. The molecule has 3 N–H and O–H groups in total. The van der Waals surface area contributed by atoms with Crippen LogP contribution in [0.2, 0.25) is 0 Å². The number of H-pyrrole nitrogens is 1. The van der Waals surface area contributed by atoms with Crippen LogP contribution in [0.3, 0.4) is 0 Å². The summed E-state index contributed by atoms with van der Waals surface area (Å²) in [5.41, 5.74) is 1.83. The number of hydrogen-bond donors (Lipinski definition) is 3. The molecule has 0 aliphatic carbocycles. The van der Waals surface area contributed by atoms with Crippen LogP contribution in [0.5, 0.6) is 5.75 Å². The molecule has 0 unspecified atom stereocenters. The Bertz CT molecular complexity index is 559. The molecule has 0 spiro atoms. The number of carbonyl (C=O) groups is 1. The van der Waals surface area contributed by atoms with Gasteiger partial charge in [-0.3, -0.25) is 15.0 Å². The molecule has 1 amide bonds. The van der Waals surface area contributed by atoms with Gasteiger partial charge in [-0.25, -0.2) is 4.68 Å². The van der Waals surface area contributed by atoms with Gasteiger partial charge in [0.25, 0.3) is 11.5 Å². The van der Waals surface area contributed by atoms with Gasteiger partial charge in [-0.2, -0.15) is 0 Å². The molecule has 8 heteroatoms. The lowest BCUT2D eigenvalue weighted by molar-refractivity contribution is 0.100. The molecule has 2 aromatic heterocycles. The zero-order chi connectivity index (χ0) is 11.5. The summed E-state index contributed by atoms with van der Waals surface area (Å²) < 4.78 is 1.22. The van der Waals surface area contributed by atoms with Crippen molar-refractivity contribution in [3.63, 3.8) is 0 Å². The van der Waals surface area contributed by atoms with Gasteiger partial charge in [0.2, 0.25) is 0 Å². The van der Waals surface area contributed by atoms with Gasteiger partial charge in [-0.15, -0.1) is 10.2 Å². The average Bonchev–Trinajstić information content (AvgIpc) is 2.70. The highest BCUT2D eigenvalue weighted by atomic mass is 16.3. The van der Waals surface area contributed by atoms with Crippen molar-refractivity contribution < 1.29 is 9.90 Å². The second-order valence-corrected chi connectivity index (χ2v) is 2.91. The Morgan fingerprint density at radius 2 is 2.12 bits per heavy atom. The van der Waals surface area contributed by atoms with Crippen LogP contribution in [0.4, 0.5) is 0 Å². The van der Waals surface area contributed by atoms with Crippen LogP contribution >= 0.6 is 0 Å². The molecule has 0 saturated heterocycles. The third-order valence-electron chi connectivity index (χ3n) is 1.80. The zero-order valence-electron chi connectivity index (χ0n) is 7.91. The minimum atomic E-state index is -0.589. The predicted molar refractivity (Wildman–Crippen MR) is 52.4 cm³/mol. The summed E-state index contributed by atoms with van der Waals surface area (Å²) in [5.74, 6) is -0.983. The lowest BCUT2D eigenvalue weighted by atomic mass is 10.2. The fourth-order valence-corrected chi connectivity index (χ4v) is 1.08. The Morgan fingerprint density at radius 3 is 2.75 bits per heavy atom. The van der Waals surface area contributed by atoms with E-state index in [4.69, 9.17) is 0 Å². The second-order valence-electron chi connectivity index (χ2n) is 2.91. The summed E-state index contributed by atoms with van der Waals surface area (Å²) in [7, 11) is 0. The average molecular weight is 221 g/mol. The Labute approximate surface area is 88.5 Å². The van der Waals surface area contributed by atoms with Crippen molar-refractivity contribution in [3.05, 3.63) is 40.8 Å². The summed E-state index contributed by atoms with van der Waals surface area (Å²) in [6.07, 6.45) is 3.68. The maximum atomic E-state index is 11.6. The molecule has 0 bridgehead atoms. The van der Waals surface area contributed by atoms with Crippen molar-refractivity contribution in [1.82, 2.24) is 19.9 Å². The van der Waals surface area contributed by atoms with Gasteiger partial charge < -0.3 is 10.1 Å². The molecule has 0 radical (unpaired) electrons. The van der Waals surface area contributed by atoms with E-state index < -0.39 is 17.2 Å². The summed E-state index contributed by atoms with van der Waals surface area (Å²) in [4.78, 5) is 24.7. The van der Waals surface area contributed by atoms with Gasteiger partial charge in [0.15, 0.2) is 0 Å². The normalized spacial score (nSPS) is 10.0. The lowest BCUT2D eigenvalue weighted by Gasteiger charge is -2.05. The van der Waals surface area contributed by atoms with Crippen LogP contribution in [0.1, 0.15) is 10.4 Å². The molecule has 2 rings (SSSR count). The number of aromatic hydroxyl groups is 1. The monoisotopic (exact) mass is 221 g/mol. The van der Waals surface area contributed by atoms with E-state index in [-0.39, 0.29) is 5.56 Å². The highest BCUT2D eigenvalue weighted by molar-refractivity contribution is 6.01. The number of amides is 1. The molecule has 0 atom stereocenters. The minimum Gasteiger partial charge on any atom is -0.507 e. The number of aromatic amines is 1. The standard InChI is InChI=1S/C8H7N5O3/c14-6-1-7(15)9-2-5(6)8(16)12-13-3-10-11-4-13/h1-4H,(H,12,16)(H2,9,14,15). The highest BCUT2D eigenvalue weighted by Crippen LogP contribution is 2.11. The third-order valence-corrected chi connectivity index (χ3v) is 1.80. The van der Waals surface area contributed by atoms with Crippen LogP contribution in [-0.4, -0.2) is 30.9 Å². The van der Waals surface area contributed by atoms with Crippen molar-refractivity contribution in [2.75, 3.05) is 5.43 Å². The van der Waals surface area contributed by atoms with E-state index in [9.17, 15) is 14.7 Å². The highest BCUT2D eigenvalue weighted by Gasteiger charge is 2.11. The topological polar surface area (TPSA) is 113 Å². The number of aromatic nitrogens is 4. The molecule has 2 aromatic rings. The quantitative estimate of drug-likeness (QED) is 0.605. The first-order valence-corrected chi connectivity index (χ1v) is 4.24. The van der Waals surface area contributed by atoms with Crippen molar-refractivity contribution in [1.29, 1.82) is 0 Å². The summed E-state index contributed by atoms with van der Waals surface area (Å²) in [5, 5.41) is 16.3. The number of carbonyl (C=O) groups excluding carboxylic acids is 1. The number of nitrogens with one attached hydrogen (secondary N) is 2. The number of nitrogens with zero attached hydrogens (tertiary/aromatic N) is 3. The smallest absolute Gasteiger partial charge is 0.275 e. The number of hydrogen-bond acceptors (Lipinski definition) is 5. The Morgan fingerprint density at radius 1 is 1.44 bits per heavy atom. The van der Waals surface area contributed by atoms with Gasteiger partial charge in [0.05, 0.1) is 5.56 Å². The van der Waals surface area contributed by atoms with Crippen molar-refractivity contribution in [2.24, 2.45) is 0 Å². The molecule has 0 aliphatic rings. The van der Waals surface area contributed by atoms with Crippen LogP contribution in [0.25, 0.3) is 0 Å². The van der Waals surface area contributed by atoms with Crippen molar-refractivity contribution in [3.8, 4) is 5.75 Å². The zero-order valence-corrected chi connectivity index (χ0v) is 7.91. The van der Waals surface area contributed by atoms with Crippen molar-refractivity contribution >= 4 is 5.91 Å². The Balaban J connectivity index is 2.24. The van der Waals surface area contributed by atoms with E-state index in [1.165, 1.54) is 17.3 Å². The van der Waals surface area contributed by atoms with Crippen LogP contribution in [0.15, 0.2) is 29.7 Å². The van der Waals surface area contributed by atoms with E-state index in [1.807, 2.05) is 0 Å². The molecule has 2 heterocycles. The van der Waals surface area contributed by atoms with Crippen LogP contribution in [0, 0.1) is 0 Å². The molecule has 0 fully saturated rings. The molecule has 0 aliphatic heterocycles. The molecule has 0 aromatic carbocycles. The summed E-state index contributed by atoms with van der Waals surface area (Å²) in [6.45, 7) is 0. The van der Waals surface area contributed by atoms with Crippen LogP contribution < -0.4 is 11.0 Å². The number of rotatable bonds is 2. The molecule has 0 saturated carbocycles. The molecular formula is C8H7N5O3. The van der Waals surface area contributed by atoms with Crippen molar-refractivity contribution in [2.45, 2.75) is 0 Å². The Hall–Kier alpha value is -2.64. The SMILES string of the molecule is O=C(Nn1cnnc1)c1c[nH]c(=O)cc1O. The van der Waals surface area contributed by atoms with Gasteiger partial charge in [-0.05, 0) is 0 Å². The van der Waals surface area contributed by atoms with E-state index in [1.54, 1.807) is 0 Å². The van der Waals surface area contributed by atoms with Gasteiger partial charge in [0.1, 0.15) is 18.4 Å². The second kappa shape index (κ2) is 3.85. The van der Waals surface area contributed by atoms with E-state index >= 15 is 0 Å². The maximum absolute atomic E-state index is 11.6. The first-order valence-electron chi connectivity index (χ1n) is 4.24. The molecular weight excluding hydrogens is 214 g/mol. The van der Waals surface area contributed by atoms with E-state index in [0.717, 1.165) is 12.3 Å². The first-order chi connectivity index (χ1) is 7.66. The van der Waals surface area contributed by atoms with Crippen LogP contribution in [-0.2, 0) is 0 Å². The molecule has 16 heavy (non-hydrogen) atoms. The van der Waals surface area contributed by atoms with E-state index in [2.05, 4.69) is 20.6 Å². The first kappa shape index (κ1) is 9.90. The summed E-state index contributed by atoms with van der Waals surface area (Å²) in [6, 6.07) is 0.918. The third kappa shape index (κ3) is 1.90. The van der Waals surface area contributed by atoms with Gasteiger partial charge >= 0.3 is 0 Å². The van der Waals surface area contributed by atoms with E-state index in [0.29, 0.717) is 0 Å². The van der Waals surface area contributed by atoms with Gasteiger partial charge in [-0.1, -0.05) is 0 Å². The maximum Gasteiger partial charge on any atom is 0.275 e. The molecule has 8 nitrogen and oxygen atoms in total. The van der Waals surface area contributed by atoms with Gasteiger partial charge in [0, 0.05) is 12.3 Å². The minimum absolute atomic E-state index is 0.0479. The fraction of sp³-hybridized carbons (Fsp3) is 0. The number of pyridine rings is 1. The largest absolute Gasteiger partial charge is 0.507 e. The Kier molecular flexibility index (Phi) is 2.38. The summed E-state index contributed by atoms with van der Waals surface area (Å²) >= 11 is 0. The lowest BCUT2D eigenvalue weighted by Crippen LogP contribution is -2.22. The molecule has 82 valence electrons. The fourth-order valence-electron chi connectivity index (χ4n) is 1.08.